The van der Waals surface area contributed by atoms with Crippen LogP contribution in [0.3, 0.4) is 0 Å². The van der Waals surface area contributed by atoms with Gasteiger partial charge in [0.1, 0.15) is 5.94 Å². The summed E-state index contributed by atoms with van der Waals surface area (Å²) in [5.41, 5.74) is 0. The maximum atomic E-state index is 11.0. The number of thioether (sulfide) groups is 1. The molecule has 0 spiro atoms. The fourth-order valence-corrected chi connectivity index (χ4v) is 1.06. The summed E-state index contributed by atoms with van der Waals surface area (Å²) in [7, 11) is 0. The first-order valence-electron chi connectivity index (χ1n) is 5.25. The first-order chi connectivity index (χ1) is 7.66. The highest BCUT2D eigenvalue weighted by atomic mass is 32.2. The van der Waals surface area contributed by atoms with Crippen LogP contribution in [-0.4, -0.2) is 50.8 Å². The molecule has 0 atom stereocenters. The summed E-state index contributed by atoms with van der Waals surface area (Å²) in [5, 5.41) is 2.58. The van der Waals surface area contributed by atoms with Crippen LogP contribution in [0.25, 0.3) is 0 Å². The number of carbonyl (C=O) groups is 1. The van der Waals surface area contributed by atoms with E-state index in [0.717, 1.165) is 0 Å². The third-order valence-corrected chi connectivity index (χ3v) is 1.86. The van der Waals surface area contributed by atoms with E-state index in [9.17, 15) is 4.79 Å². The van der Waals surface area contributed by atoms with Crippen molar-refractivity contribution in [2.24, 2.45) is 0 Å². The highest BCUT2D eigenvalue weighted by Crippen LogP contribution is 1.91. The number of hydrogen-bond donors (Lipinski definition) is 1. The molecule has 0 fully saturated rings. The summed E-state index contributed by atoms with van der Waals surface area (Å²) in [6, 6.07) is 0. The Labute approximate surface area is 101 Å². The minimum absolute atomic E-state index is 0.225. The van der Waals surface area contributed by atoms with Gasteiger partial charge in [-0.05, 0) is 20.1 Å². The summed E-state index contributed by atoms with van der Waals surface area (Å²) in [6.45, 7) is 5.99. The van der Waals surface area contributed by atoms with Crippen molar-refractivity contribution in [1.29, 1.82) is 0 Å². The lowest BCUT2D eigenvalue weighted by molar-refractivity contribution is 0.0204. The molecular formula is C10H21NO4S. The predicted molar refractivity (Wildman–Crippen MR) is 64.8 cm³/mol. The Kier molecular flexibility index (Phi) is 10.7. The van der Waals surface area contributed by atoms with Gasteiger partial charge in [0.2, 0.25) is 0 Å². The molecule has 0 saturated heterocycles. The minimum atomic E-state index is -0.406. The summed E-state index contributed by atoms with van der Waals surface area (Å²) in [4.78, 5) is 11.0. The van der Waals surface area contributed by atoms with Crippen LogP contribution in [0.5, 0.6) is 0 Å². The molecule has 0 aliphatic rings. The fourth-order valence-electron chi connectivity index (χ4n) is 0.834. The van der Waals surface area contributed by atoms with E-state index in [2.05, 4.69) is 5.32 Å². The second kappa shape index (κ2) is 11.0. The second-order valence-electron chi connectivity index (χ2n) is 3.30. The molecule has 96 valence electrons. The number of ether oxygens (including phenoxy) is 3. The normalized spacial score (nSPS) is 10.5. The SMILES string of the molecule is CSCOC(=O)NCCOCCOC(C)C. The van der Waals surface area contributed by atoms with E-state index in [1.165, 1.54) is 11.8 Å². The van der Waals surface area contributed by atoms with Gasteiger partial charge in [0.15, 0.2) is 0 Å². The lowest BCUT2D eigenvalue weighted by atomic mass is 10.5. The summed E-state index contributed by atoms with van der Waals surface area (Å²) in [6.07, 6.45) is 1.69. The van der Waals surface area contributed by atoms with Crippen LogP contribution in [0, 0.1) is 0 Å². The maximum absolute atomic E-state index is 11.0. The summed E-state index contributed by atoms with van der Waals surface area (Å²) in [5.74, 6) is 0.370. The van der Waals surface area contributed by atoms with Crippen molar-refractivity contribution in [3.05, 3.63) is 0 Å². The number of rotatable bonds is 9. The van der Waals surface area contributed by atoms with Crippen LogP contribution in [-0.2, 0) is 14.2 Å². The number of hydrogen-bond acceptors (Lipinski definition) is 5. The van der Waals surface area contributed by atoms with Crippen molar-refractivity contribution in [2.75, 3.05) is 38.6 Å². The van der Waals surface area contributed by atoms with Crippen molar-refractivity contribution in [3.8, 4) is 0 Å². The Morgan fingerprint density at radius 1 is 1.31 bits per heavy atom. The molecule has 0 aromatic rings. The lowest BCUT2D eigenvalue weighted by Crippen LogP contribution is -2.28. The minimum Gasteiger partial charge on any atom is -0.439 e. The van der Waals surface area contributed by atoms with Gasteiger partial charge in [-0.2, -0.15) is 0 Å². The van der Waals surface area contributed by atoms with Gasteiger partial charge in [0.25, 0.3) is 0 Å². The molecule has 16 heavy (non-hydrogen) atoms. The van der Waals surface area contributed by atoms with Crippen LogP contribution in [0.2, 0.25) is 0 Å². The molecule has 5 nitrogen and oxygen atoms in total. The number of nitrogens with one attached hydrogen (secondary N) is 1. The van der Waals surface area contributed by atoms with E-state index in [0.29, 0.717) is 32.3 Å². The van der Waals surface area contributed by atoms with E-state index < -0.39 is 6.09 Å². The molecule has 0 radical (unpaired) electrons. The zero-order chi connectivity index (χ0) is 12.2. The fraction of sp³-hybridized carbons (Fsp3) is 0.900. The van der Waals surface area contributed by atoms with Crippen molar-refractivity contribution in [2.45, 2.75) is 20.0 Å². The molecule has 0 bridgehead atoms. The molecular weight excluding hydrogens is 230 g/mol. The summed E-state index contributed by atoms with van der Waals surface area (Å²) >= 11 is 1.45. The van der Waals surface area contributed by atoms with Gasteiger partial charge in [-0.15, -0.1) is 11.8 Å². The lowest BCUT2D eigenvalue weighted by Gasteiger charge is -2.08. The molecule has 0 aromatic carbocycles. The standard InChI is InChI=1S/C10H21NO4S/c1-9(2)14-7-6-13-5-4-11-10(12)15-8-16-3/h9H,4-8H2,1-3H3,(H,11,12). The molecule has 1 amide bonds. The molecule has 0 saturated carbocycles. The number of amides is 1. The molecule has 0 aromatic heterocycles. The van der Waals surface area contributed by atoms with E-state index in [1.807, 2.05) is 20.1 Å². The van der Waals surface area contributed by atoms with Crippen LogP contribution >= 0.6 is 11.8 Å². The quantitative estimate of drug-likeness (QED) is 0.497. The molecule has 0 aliphatic carbocycles. The average molecular weight is 251 g/mol. The van der Waals surface area contributed by atoms with E-state index >= 15 is 0 Å². The van der Waals surface area contributed by atoms with Gasteiger partial charge in [-0.25, -0.2) is 4.79 Å². The van der Waals surface area contributed by atoms with Gasteiger partial charge < -0.3 is 19.5 Å². The van der Waals surface area contributed by atoms with E-state index in [-0.39, 0.29) is 6.10 Å². The van der Waals surface area contributed by atoms with Crippen LogP contribution < -0.4 is 5.32 Å². The summed E-state index contributed by atoms with van der Waals surface area (Å²) < 4.78 is 15.3. The Hall–Kier alpha value is -0.460. The van der Waals surface area contributed by atoms with Crippen LogP contribution in [0.4, 0.5) is 4.79 Å². The number of alkyl carbamates (subject to hydrolysis) is 1. The predicted octanol–water partition coefficient (Wildman–Crippen LogP) is 1.47. The van der Waals surface area contributed by atoms with E-state index in [4.69, 9.17) is 14.2 Å². The smallest absolute Gasteiger partial charge is 0.408 e. The molecule has 1 N–H and O–H groups in total. The maximum Gasteiger partial charge on any atom is 0.408 e. The van der Waals surface area contributed by atoms with Crippen molar-refractivity contribution in [1.82, 2.24) is 5.32 Å². The second-order valence-corrected chi connectivity index (χ2v) is 4.11. The highest BCUT2D eigenvalue weighted by molar-refractivity contribution is 7.98. The van der Waals surface area contributed by atoms with Gasteiger partial charge in [-0.3, -0.25) is 0 Å². The van der Waals surface area contributed by atoms with E-state index in [1.54, 1.807) is 0 Å². The molecule has 0 aliphatic heterocycles. The largest absolute Gasteiger partial charge is 0.439 e. The van der Waals surface area contributed by atoms with Gasteiger partial charge >= 0.3 is 6.09 Å². The average Bonchev–Trinajstić information content (AvgIpc) is 2.24. The van der Waals surface area contributed by atoms with Crippen LogP contribution in [0.15, 0.2) is 0 Å². The first kappa shape index (κ1) is 15.5. The Morgan fingerprint density at radius 2 is 2.06 bits per heavy atom. The third kappa shape index (κ3) is 11.6. The van der Waals surface area contributed by atoms with Crippen molar-refractivity contribution >= 4 is 17.9 Å². The Balaban J connectivity index is 3.11. The zero-order valence-electron chi connectivity index (χ0n) is 10.2. The third-order valence-electron chi connectivity index (χ3n) is 1.50. The molecule has 0 rings (SSSR count). The van der Waals surface area contributed by atoms with Crippen molar-refractivity contribution < 1.29 is 19.0 Å². The monoisotopic (exact) mass is 251 g/mol. The first-order valence-corrected chi connectivity index (χ1v) is 6.65. The van der Waals surface area contributed by atoms with Gasteiger partial charge in [0.05, 0.1) is 25.9 Å². The van der Waals surface area contributed by atoms with Gasteiger partial charge in [-0.1, -0.05) is 0 Å². The zero-order valence-corrected chi connectivity index (χ0v) is 11.0. The molecule has 0 heterocycles. The van der Waals surface area contributed by atoms with Crippen molar-refractivity contribution in [3.63, 3.8) is 0 Å². The van der Waals surface area contributed by atoms with Crippen LogP contribution in [0.1, 0.15) is 13.8 Å². The topological polar surface area (TPSA) is 56.8 Å². The molecule has 0 unspecified atom stereocenters. The number of carbonyl (C=O) groups excluding carboxylic acids is 1. The van der Waals surface area contributed by atoms with Gasteiger partial charge in [0, 0.05) is 6.54 Å². The Bertz CT molecular complexity index is 178. The molecule has 6 heteroatoms. The highest BCUT2D eigenvalue weighted by Gasteiger charge is 1.99. The Morgan fingerprint density at radius 3 is 2.69 bits per heavy atom.